The first kappa shape index (κ1) is 13.1. The molecule has 0 aliphatic heterocycles. The first-order valence-electron chi connectivity index (χ1n) is 4.51. The highest BCUT2D eigenvalue weighted by atomic mass is 16.6. The number of nitrogens with two attached hydrogens (primary N) is 1. The number of carboxylic acids is 1. The van der Waals surface area contributed by atoms with Crippen LogP contribution in [0.4, 0.5) is 10.5 Å². The molecule has 9 heteroatoms. The number of primary amides is 1. The minimum absolute atomic E-state index is 0.295. The number of amides is 2. The number of carbonyl (C=O) groups is 2. The van der Waals surface area contributed by atoms with Crippen molar-refractivity contribution >= 4 is 23.4 Å². The maximum atomic E-state index is 10.8. The number of para-hydroxylation sites is 1. The number of benzene rings is 1. The number of nitrogens with zero attached hydrogens (tertiary/aromatic N) is 2. The van der Waals surface area contributed by atoms with Crippen LogP contribution < -0.4 is 16.3 Å². The molecule has 0 unspecified atom stereocenters. The molecule has 0 radical (unpaired) electrons. The molecule has 94 valence electrons. The summed E-state index contributed by atoms with van der Waals surface area (Å²) >= 11 is 0. The van der Waals surface area contributed by atoms with Gasteiger partial charge in [0.25, 0.3) is 5.69 Å². The van der Waals surface area contributed by atoms with Gasteiger partial charge in [0.15, 0.2) is 0 Å². The standard InChI is InChI=1S/C9H8N4O5/c10-9(16)12-11-7(8(14)15)5-3-1-2-4-6(5)13(17)18/h1-4H,(H,14,15)(H3,10,12,16)/p-1/b11-7+. The lowest BCUT2D eigenvalue weighted by atomic mass is 10.1. The third kappa shape index (κ3) is 3.01. The third-order valence-corrected chi connectivity index (χ3v) is 1.83. The van der Waals surface area contributed by atoms with Gasteiger partial charge in [-0.3, -0.25) is 10.1 Å². The molecular formula is C9H7N4O5-. The zero-order valence-electron chi connectivity index (χ0n) is 8.82. The lowest BCUT2D eigenvalue weighted by Gasteiger charge is -2.07. The van der Waals surface area contributed by atoms with Crippen LogP contribution in [0.1, 0.15) is 5.56 Å². The second-order valence-corrected chi connectivity index (χ2v) is 3.00. The number of hydrogen-bond donors (Lipinski definition) is 2. The van der Waals surface area contributed by atoms with Gasteiger partial charge < -0.3 is 15.6 Å². The minimum atomic E-state index is -1.78. The molecule has 0 atom stereocenters. The first-order valence-corrected chi connectivity index (χ1v) is 4.51. The zero-order valence-corrected chi connectivity index (χ0v) is 8.82. The molecule has 0 spiro atoms. The Hall–Kier alpha value is -2.97. The van der Waals surface area contributed by atoms with E-state index in [0.717, 1.165) is 12.1 Å². The molecule has 1 aromatic carbocycles. The number of hydrogen-bond acceptors (Lipinski definition) is 6. The average molecular weight is 251 g/mol. The predicted molar refractivity (Wildman–Crippen MR) is 57.4 cm³/mol. The largest absolute Gasteiger partial charge is 0.543 e. The Kier molecular flexibility index (Phi) is 3.92. The van der Waals surface area contributed by atoms with Crippen LogP contribution in [0.15, 0.2) is 29.4 Å². The topological polar surface area (TPSA) is 151 Å². The molecule has 0 saturated heterocycles. The number of urea groups is 1. The van der Waals surface area contributed by atoms with Gasteiger partial charge in [-0.1, -0.05) is 12.1 Å². The summed E-state index contributed by atoms with van der Waals surface area (Å²) in [5.74, 6) is -1.78. The van der Waals surface area contributed by atoms with Crippen molar-refractivity contribution in [2.45, 2.75) is 0 Å². The summed E-state index contributed by atoms with van der Waals surface area (Å²) < 4.78 is 0. The Morgan fingerprint density at radius 1 is 1.33 bits per heavy atom. The Bertz CT molecular complexity index is 540. The second kappa shape index (κ2) is 5.39. The molecule has 1 aromatic rings. The molecule has 0 heterocycles. The van der Waals surface area contributed by atoms with E-state index in [2.05, 4.69) is 5.10 Å². The fourth-order valence-electron chi connectivity index (χ4n) is 1.16. The van der Waals surface area contributed by atoms with E-state index in [4.69, 9.17) is 5.73 Å². The summed E-state index contributed by atoms with van der Waals surface area (Å²) in [6.45, 7) is 0. The molecule has 2 amide bonds. The van der Waals surface area contributed by atoms with E-state index >= 15 is 0 Å². The van der Waals surface area contributed by atoms with Crippen molar-refractivity contribution in [3.8, 4) is 0 Å². The highest BCUT2D eigenvalue weighted by molar-refractivity contribution is 6.42. The fourth-order valence-corrected chi connectivity index (χ4v) is 1.16. The minimum Gasteiger partial charge on any atom is -0.543 e. The van der Waals surface area contributed by atoms with Crippen molar-refractivity contribution < 1.29 is 19.6 Å². The molecule has 9 nitrogen and oxygen atoms in total. The first-order chi connectivity index (χ1) is 8.43. The number of aliphatic carboxylic acids is 1. The number of carboxylic acid groups (broad SMARTS) is 1. The number of hydrazone groups is 1. The zero-order chi connectivity index (χ0) is 13.7. The molecule has 0 aromatic heterocycles. The van der Waals surface area contributed by atoms with Crippen LogP contribution in [0.5, 0.6) is 0 Å². The van der Waals surface area contributed by atoms with Crippen molar-refractivity contribution in [2.75, 3.05) is 0 Å². The smallest absolute Gasteiger partial charge is 0.332 e. The fraction of sp³-hybridized carbons (Fsp3) is 0. The van der Waals surface area contributed by atoms with Gasteiger partial charge in [-0.25, -0.2) is 10.2 Å². The molecule has 0 aliphatic rings. The Morgan fingerprint density at radius 2 is 1.94 bits per heavy atom. The molecule has 0 saturated carbocycles. The normalized spacial score (nSPS) is 10.8. The van der Waals surface area contributed by atoms with Crippen LogP contribution in [0.2, 0.25) is 0 Å². The molecule has 0 aliphatic carbocycles. The number of nitro groups is 1. The van der Waals surface area contributed by atoms with Gasteiger partial charge >= 0.3 is 6.03 Å². The Morgan fingerprint density at radius 3 is 2.44 bits per heavy atom. The Balaban J connectivity index is 3.30. The maximum Gasteiger partial charge on any atom is 0.332 e. The molecule has 0 fully saturated rings. The van der Waals surface area contributed by atoms with Crippen LogP contribution in [0, 0.1) is 10.1 Å². The SMILES string of the molecule is NC(=O)N/N=C(/C(=O)[O-])c1ccccc1[N+](=O)[O-]. The Labute approximate surface area is 100 Å². The van der Waals surface area contributed by atoms with Crippen molar-refractivity contribution in [3.63, 3.8) is 0 Å². The summed E-state index contributed by atoms with van der Waals surface area (Å²) in [5.41, 5.74) is 4.82. The van der Waals surface area contributed by atoms with Gasteiger partial charge in [-0.2, -0.15) is 5.10 Å². The molecule has 0 bridgehead atoms. The van der Waals surface area contributed by atoms with Crippen molar-refractivity contribution in [1.82, 2.24) is 5.43 Å². The van der Waals surface area contributed by atoms with Gasteiger partial charge in [0.2, 0.25) is 0 Å². The number of nitrogens with one attached hydrogen (secondary N) is 1. The van der Waals surface area contributed by atoms with Crippen LogP contribution >= 0.6 is 0 Å². The van der Waals surface area contributed by atoms with Crippen LogP contribution in [0.3, 0.4) is 0 Å². The maximum absolute atomic E-state index is 10.8. The monoisotopic (exact) mass is 251 g/mol. The van der Waals surface area contributed by atoms with E-state index in [9.17, 15) is 24.8 Å². The lowest BCUT2D eigenvalue weighted by molar-refractivity contribution is -0.385. The van der Waals surface area contributed by atoms with Gasteiger partial charge in [-0.15, -0.1) is 0 Å². The number of carbonyl (C=O) groups excluding carboxylic acids is 2. The lowest BCUT2D eigenvalue weighted by Crippen LogP contribution is -2.36. The van der Waals surface area contributed by atoms with Crippen LogP contribution in [0.25, 0.3) is 0 Å². The molecular weight excluding hydrogens is 244 g/mol. The van der Waals surface area contributed by atoms with E-state index in [1.54, 1.807) is 5.43 Å². The summed E-state index contributed by atoms with van der Waals surface area (Å²) in [6.07, 6.45) is 0. The number of nitro benzene ring substituents is 1. The van der Waals surface area contributed by atoms with E-state index in [0.29, 0.717) is 0 Å². The van der Waals surface area contributed by atoms with E-state index < -0.39 is 28.3 Å². The summed E-state index contributed by atoms with van der Waals surface area (Å²) in [5, 5.41) is 24.7. The molecule has 1 rings (SSSR count). The average Bonchev–Trinajstić information content (AvgIpc) is 2.28. The summed E-state index contributed by atoms with van der Waals surface area (Å²) in [4.78, 5) is 31.2. The van der Waals surface area contributed by atoms with E-state index in [-0.39, 0.29) is 5.56 Å². The molecule has 18 heavy (non-hydrogen) atoms. The van der Waals surface area contributed by atoms with Gasteiger partial charge in [-0.05, 0) is 6.07 Å². The summed E-state index contributed by atoms with van der Waals surface area (Å²) in [7, 11) is 0. The quantitative estimate of drug-likeness (QED) is 0.387. The van der Waals surface area contributed by atoms with Gasteiger partial charge in [0.1, 0.15) is 5.71 Å². The highest BCUT2D eigenvalue weighted by Gasteiger charge is 2.18. The highest BCUT2D eigenvalue weighted by Crippen LogP contribution is 2.18. The van der Waals surface area contributed by atoms with Crippen molar-refractivity contribution in [1.29, 1.82) is 0 Å². The predicted octanol–water partition coefficient (Wildman–Crippen LogP) is -1.28. The van der Waals surface area contributed by atoms with Crippen LogP contribution in [-0.4, -0.2) is 22.6 Å². The van der Waals surface area contributed by atoms with Crippen molar-refractivity contribution in [3.05, 3.63) is 39.9 Å². The summed E-state index contributed by atoms with van der Waals surface area (Å²) in [6, 6.07) is 3.89. The van der Waals surface area contributed by atoms with Crippen molar-refractivity contribution in [2.24, 2.45) is 10.8 Å². The van der Waals surface area contributed by atoms with Gasteiger partial charge in [0.05, 0.1) is 16.5 Å². The third-order valence-electron chi connectivity index (χ3n) is 1.83. The van der Waals surface area contributed by atoms with Gasteiger partial charge in [0, 0.05) is 6.07 Å². The molecule has 3 N–H and O–H groups in total. The number of rotatable bonds is 4. The van der Waals surface area contributed by atoms with E-state index in [1.807, 2.05) is 0 Å². The second-order valence-electron chi connectivity index (χ2n) is 3.00. The van der Waals surface area contributed by atoms with Crippen LogP contribution in [-0.2, 0) is 4.79 Å². The van der Waals surface area contributed by atoms with E-state index in [1.165, 1.54) is 12.1 Å².